The highest BCUT2D eigenvalue weighted by Gasteiger charge is 2.28. The van der Waals surface area contributed by atoms with Gasteiger partial charge in [0.15, 0.2) is 0 Å². The summed E-state index contributed by atoms with van der Waals surface area (Å²) in [6, 6.07) is 0.686. The maximum Gasteiger partial charge on any atom is 0.0558 e. The quantitative estimate of drug-likeness (QED) is 0.624. The lowest BCUT2D eigenvalue weighted by Gasteiger charge is -2.29. The molecule has 1 aliphatic heterocycles. The van der Waals surface area contributed by atoms with Gasteiger partial charge in [-0.3, -0.25) is 4.90 Å². The molecule has 0 radical (unpaired) electrons. The lowest BCUT2D eigenvalue weighted by molar-refractivity contribution is 0.178. The Morgan fingerprint density at radius 3 is 3.25 bits per heavy atom. The Labute approximate surface area is 73.9 Å². The van der Waals surface area contributed by atoms with Crippen LogP contribution >= 0.6 is 0 Å². The van der Waals surface area contributed by atoms with Crippen LogP contribution in [0.5, 0.6) is 0 Å². The Balaban J connectivity index is 1.97. The van der Waals surface area contributed by atoms with Crippen molar-refractivity contribution >= 4 is 0 Å². The van der Waals surface area contributed by atoms with E-state index in [1.165, 1.54) is 25.7 Å². The Hall–Kier alpha value is -0.340. The van der Waals surface area contributed by atoms with E-state index in [1.807, 2.05) is 0 Å². The molecule has 2 heteroatoms. The molecule has 1 aliphatic carbocycles. The van der Waals surface area contributed by atoms with Crippen molar-refractivity contribution in [2.45, 2.75) is 31.7 Å². The van der Waals surface area contributed by atoms with Crippen molar-refractivity contribution < 1.29 is 5.11 Å². The van der Waals surface area contributed by atoms with Gasteiger partial charge < -0.3 is 5.11 Å². The van der Waals surface area contributed by atoms with E-state index in [2.05, 4.69) is 11.0 Å². The average Bonchev–Trinajstić information content (AvgIpc) is 2.50. The Bertz CT molecular complexity index is 188. The number of β-amino-alcohol motifs (C(OH)–C–C–N with tert-alkyl or cyclic N) is 1. The summed E-state index contributed by atoms with van der Waals surface area (Å²) in [4.78, 5) is 2.40. The minimum atomic E-state index is 0.303. The minimum Gasteiger partial charge on any atom is -0.395 e. The lowest BCUT2D eigenvalue weighted by Crippen LogP contribution is -2.35. The molecule has 2 nitrogen and oxygen atoms in total. The molecule has 0 bridgehead atoms. The van der Waals surface area contributed by atoms with Crippen LogP contribution < -0.4 is 0 Å². The number of hydrogen-bond donors (Lipinski definition) is 1. The van der Waals surface area contributed by atoms with Gasteiger partial charge in [0.2, 0.25) is 0 Å². The maximum absolute atomic E-state index is 8.85. The lowest BCUT2D eigenvalue weighted by atomic mass is 9.91. The number of aliphatic hydroxyl groups excluding tert-OH is 1. The van der Waals surface area contributed by atoms with Crippen molar-refractivity contribution in [3.63, 3.8) is 0 Å². The Morgan fingerprint density at radius 2 is 2.42 bits per heavy atom. The normalized spacial score (nSPS) is 30.1. The first kappa shape index (κ1) is 8.27. The molecule has 12 heavy (non-hydrogen) atoms. The third-order valence-electron chi connectivity index (χ3n) is 3.04. The van der Waals surface area contributed by atoms with Gasteiger partial charge in [-0.05, 0) is 19.3 Å². The van der Waals surface area contributed by atoms with Crippen LogP contribution in [-0.2, 0) is 0 Å². The second kappa shape index (κ2) is 3.58. The predicted octanol–water partition coefficient (Wildman–Crippen LogP) is 1.16. The molecule has 1 fully saturated rings. The first-order valence-electron chi connectivity index (χ1n) is 4.95. The predicted molar refractivity (Wildman–Crippen MR) is 49.0 cm³/mol. The molecule has 1 heterocycles. The summed E-state index contributed by atoms with van der Waals surface area (Å²) < 4.78 is 0. The van der Waals surface area contributed by atoms with E-state index in [0.29, 0.717) is 12.6 Å². The molecule has 68 valence electrons. The minimum absolute atomic E-state index is 0.303. The van der Waals surface area contributed by atoms with Gasteiger partial charge in [-0.2, -0.15) is 0 Å². The fourth-order valence-corrected chi connectivity index (χ4v) is 2.41. The van der Waals surface area contributed by atoms with Crippen molar-refractivity contribution in [2.24, 2.45) is 0 Å². The first-order valence-corrected chi connectivity index (χ1v) is 4.95. The van der Waals surface area contributed by atoms with Crippen molar-refractivity contribution in [2.75, 3.05) is 19.7 Å². The van der Waals surface area contributed by atoms with Crippen LogP contribution in [0.4, 0.5) is 0 Å². The van der Waals surface area contributed by atoms with Gasteiger partial charge in [0.05, 0.1) is 6.61 Å². The largest absolute Gasteiger partial charge is 0.395 e. The van der Waals surface area contributed by atoms with E-state index in [4.69, 9.17) is 5.11 Å². The van der Waals surface area contributed by atoms with E-state index >= 15 is 0 Å². The summed E-state index contributed by atoms with van der Waals surface area (Å²) in [5, 5.41) is 8.85. The topological polar surface area (TPSA) is 23.5 Å². The van der Waals surface area contributed by atoms with Crippen molar-refractivity contribution in [3.05, 3.63) is 11.6 Å². The van der Waals surface area contributed by atoms with E-state index in [0.717, 1.165) is 13.1 Å². The highest BCUT2D eigenvalue weighted by atomic mass is 16.3. The first-order chi connectivity index (χ1) is 5.92. The van der Waals surface area contributed by atoms with Crippen molar-refractivity contribution in [3.8, 4) is 0 Å². The SMILES string of the molecule is OCCN1CC=C2CCCCC21. The zero-order valence-corrected chi connectivity index (χ0v) is 7.50. The molecule has 1 saturated carbocycles. The summed E-state index contributed by atoms with van der Waals surface area (Å²) in [5.74, 6) is 0. The van der Waals surface area contributed by atoms with Crippen molar-refractivity contribution in [1.29, 1.82) is 0 Å². The van der Waals surface area contributed by atoms with Crippen LogP contribution in [0.25, 0.3) is 0 Å². The summed E-state index contributed by atoms with van der Waals surface area (Å²) >= 11 is 0. The molecule has 0 aromatic rings. The van der Waals surface area contributed by atoms with Gasteiger partial charge in [-0.25, -0.2) is 0 Å². The third kappa shape index (κ3) is 1.41. The smallest absolute Gasteiger partial charge is 0.0558 e. The van der Waals surface area contributed by atoms with E-state index in [1.54, 1.807) is 5.57 Å². The fraction of sp³-hybridized carbons (Fsp3) is 0.800. The summed E-state index contributed by atoms with van der Waals surface area (Å²) in [6.07, 6.45) is 7.71. The van der Waals surface area contributed by atoms with Crippen LogP contribution in [0, 0.1) is 0 Å². The average molecular weight is 167 g/mol. The molecule has 2 aliphatic rings. The van der Waals surface area contributed by atoms with Gasteiger partial charge in [-0.15, -0.1) is 0 Å². The fourth-order valence-electron chi connectivity index (χ4n) is 2.41. The van der Waals surface area contributed by atoms with Crippen molar-refractivity contribution in [1.82, 2.24) is 4.90 Å². The molecule has 1 unspecified atom stereocenters. The van der Waals surface area contributed by atoms with Gasteiger partial charge in [-0.1, -0.05) is 18.1 Å². The van der Waals surface area contributed by atoms with Gasteiger partial charge in [0.25, 0.3) is 0 Å². The molecule has 0 aromatic heterocycles. The Morgan fingerprint density at radius 1 is 1.50 bits per heavy atom. The molecule has 1 atom stereocenters. The van der Waals surface area contributed by atoms with E-state index < -0.39 is 0 Å². The number of fused-ring (bicyclic) bond motifs is 1. The van der Waals surface area contributed by atoms with Crippen LogP contribution in [0.3, 0.4) is 0 Å². The summed E-state index contributed by atoms with van der Waals surface area (Å²) in [6.45, 7) is 2.23. The monoisotopic (exact) mass is 167 g/mol. The summed E-state index contributed by atoms with van der Waals surface area (Å²) in [7, 11) is 0. The number of aliphatic hydroxyl groups is 1. The van der Waals surface area contributed by atoms with Gasteiger partial charge in [0.1, 0.15) is 0 Å². The third-order valence-corrected chi connectivity index (χ3v) is 3.04. The van der Waals surface area contributed by atoms with E-state index in [-0.39, 0.29) is 0 Å². The highest BCUT2D eigenvalue weighted by molar-refractivity contribution is 5.19. The van der Waals surface area contributed by atoms with Crippen LogP contribution in [-0.4, -0.2) is 35.7 Å². The highest BCUT2D eigenvalue weighted by Crippen LogP contribution is 2.31. The summed E-state index contributed by atoms with van der Waals surface area (Å²) in [5.41, 5.74) is 1.63. The molecular formula is C10H17NO. The van der Waals surface area contributed by atoms with Gasteiger partial charge in [0, 0.05) is 19.1 Å². The van der Waals surface area contributed by atoms with Crippen LogP contribution in [0.15, 0.2) is 11.6 Å². The van der Waals surface area contributed by atoms with E-state index in [9.17, 15) is 0 Å². The molecule has 0 amide bonds. The van der Waals surface area contributed by atoms with Crippen LogP contribution in [0.1, 0.15) is 25.7 Å². The molecule has 2 rings (SSSR count). The number of hydrogen-bond acceptors (Lipinski definition) is 2. The van der Waals surface area contributed by atoms with Gasteiger partial charge >= 0.3 is 0 Å². The molecular weight excluding hydrogens is 150 g/mol. The zero-order valence-electron chi connectivity index (χ0n) is 7.50. The molecule has 1 N–H and O–H groups in total. The molecule has 0 aromatic carbocycles. The zero-order chi connectivity index (χ0) is 8.39. The molecule has 0 saturated heterocycles. The maximum atomic E-state index is 8.85. The number of nitrogens with zero attached hydrogens (tertiary/aromatic N) is 1. The number of rotatable bonds is 2. The standard InChI is InChI=1S/C10H17NO/c12-8-7-11-6-5-9-3-1-2-4-10(9)11/h5,10,12H,1-4,6-8H2. The second-order valence-corrected chi connectivity index (χ2v) is 3.76. The van der Waals surface area contributed by atoms with Crippen LogP contribution in [0.2, 0.25) is 0 Å². The second-order valence-electron chi connectivity index (χ2n) is 3.76. The Kier molecular flexibility index (Phi) is 2.47. The molecule has 0 spiro atoms.